The van der Waals surface area contributed by atoms with Gasteiger partial charge in [-0.1, -0.05) is 155 Å². The molecule has 0 amide bonds. The minimum Gasteiger partial charge on any atom is -0.462 e. The number of esters is 2. The first-order valence-electron chi connectivity index (χ1n) is 22.0. The summed E-state index contributed by atoms with van der Waals surface area (Å²) in [7, 11) is -4.67. The lowest BCUT2D eigenvalue weighted by molar-refractivity contribution is -0.161. The van der Waals surface area contributed by atoms with Crippen molar-refractivity contribution < 1.29 is 52.9 Å². The zero-order chi connectivity index (χ0) is 44.2. The smallest absolute Gasteiger partial charge is 0.462 e. The second-order valence-corrected chi connectivity index (χ2v) is 15.6. The molecule has 0 aromatic carbocycles. The first-order valence-corrected chi connectivity index (χ1v) is 23.4. The van der Waals surface area contributed by atoms with Crippen LogP contribution < -0.4 is 0 Å². The molecule has 0 radical (unpaired) electrons. The molecule has 0 aromatic rings. The monoisotopic (exact) mass is 861 g/mol. The quantitative estimate of drug-likeness (QED) is 0.0153. The van der Waals surface area contributed by atoms with Gasteiger partial charge in [0.15, 0.2) is 6.10 Å². The average molecular weight is 861 g/mol. The van der Waals surface area contributed by atoms with Crippen molar-refractivity contribution in [3.8, 4) is 0 Å². The van der Waals surface area contributed by atoms with Gasteiger partial charge < -0.3 is 29.7 Å². The van der Waals surface area contributed by atoms with Crippen molar-refractivity contribution in [1.29, 1.82) is 0 Å². The van der Waals surface area contributed by atoms with Crippen LogP contribution in [-0.4, -0.2) is 76.9 Å². The van der Waals surface area contributed by atoms with E-state index in [1.165, 1.54) is 38.5 Å². The summed E-state index contributed by atoms with van der Waals surface area (Å²) in [6.45, 7) is 1.98. The molecule has 0 heterocycles. The molecule has 340 valence electrons. The molecule has 60 heavy (non-hydrogen) atoms. The maximum Gasteiger partial charge on any atom is 0.472 e. The van der Waals surface area contributed by atoms with Gasteiger partial charge in [0.2, 0.25) is 0 Å². The molecular formula is C48H77O11P. The standard InChI is InChI=1S/C48H77O11P/c1-3-5-7-8-9-10-11-12-13-14-15-18-21-24-27-30-34-38-47(52)56-42-46(43-58-60(54,55)57-41-45(51)40-49)59-48(53)39-35-31-28-25-22-19-16-17-20-23-26-29-33-37-44(50)36-32-6-4-2/h6,12-13,15,17-20,22,24,26-29,31-33,37,44-46,49-51H,3-5,7-11,14,16,21,23,25,30,34-36,38-43H2,1-2H3,(H,54,55)/b13-12-,18-15-,20-17-,22-19-,27-24-,29-26+,31-28-,32-6-,37-33+/t44?,45-,46+/m0/s1. The summed E-state index contributed by atoms with van der Waals surface area (Å²) in [6, 6.07) is 0. The first kappa shape index (κ1) is 56.6. The molecule has 0 aliphatic rings. The van der Waals surface area contributed by atoms with Crippen LogP contribution in [0, 0.1) is 0 Å². The van der Waals surface area contributed by atoms with Crippen molar-refractivity contribution >= 4 is 19.8 Å². The van der Waals surface area contributed by atoms with Gasteiger partial charge in [-0.25, -0.2) is 4.57 Å². The van der Waals surface area contributed by atoms with Gasteiger partial charge >= 0.3 is 19.8 Å². The average Bonchev–Trinajstić information content (AvgIpc) is 3.23. The Morgan fingerprint density at radius 3 is 1.75 bits per heavy atom. The van der Waals surface area contributed by atoms with Crippen LogP contribution in [-0.2, 0) is 32.7 Å². The van der Waals surface area contributed by atoms with Gasteiger partial charge in [-0.2, -0.15) is 0 Å². The summed E-state index contributed by atoms with van der Waals surface area (Å²) in [5, 5.41) is 28.2. The van der Waals surface area contributed by atoms with E-state index in [1.807, 2.05) is 60.8 Å². The highest BCUT2D eigenvalue weighted by Gasteiger charge is 2.27. The number of allylic oxidation sites excluding steroid dienone is 16. The number of ether oxygens (including phenoxy) is 2. The van der Waals surface area contributed by atoms with E-state index in [2.05, 4.69) is 60.9 Å². The van der Waals surface area contributed by atoms with Crippen molar-refractivity contribution in [2.24, 2.45) is 0 Å². The number of aliphatic hydroxyl groups is 3. The van der Waals surface area contributed by atoms with E-state index >= 15 is 0 Å². The molecular weight excluding hydrogens is 783 g/mol. The number of carbonyl (C=O) groups excluding carboxylic acids is 2. The molecule has 4 N–H and O–H groups in total. The number of rotatable bonds is 39. The molecule has 0 bridgehead atoms. The molecule has 11 nitrogen and oxygen atoms in total. The Morgan fingerprint density at radius 2 is 1.13 bits per heavy atom. The summed E-state index contributed by atoms with van der Waals surface area (Å²) in [5.41, 5.74) is 0. The Hall–Kier alpha value is -3.41. The van der Waals surface area contributed by atoms with Gasteiger partial charge in [0.1, 0.15) is 12.7 Å². The molecule has 2 unspecified atom stereocenters. The number of hydrogen-bond acceptors (Lipinski definition) is 10. The third kappa shape index (κ3) is 41.3. The van der Waals surface area contributed by atoms with Crippen molar-refractivity contribution in [1.82, 2.24) is 0 Å². The lowest BCUT2D eigenvalue weighted by Crippen LogP contribution is -2.29. The number of phosphoric acid groups is 1. The van der Waals surface area contributed by atoms with Gasteiger partial charge in [-0.3, -0.25) is 18.6 Å². The van der Waals surface area contributed by atoms with E-state index in [0.29, 0.717) is 32.1 Å². The Bertz CT molecular complexity index is 1380. The maximum absolute atomic E-state index is 12.6. The zero-order valence-corrected chi connectivity index (χ0v) is 37.4. The summed E-state index contributed by atoms with van der Waals surface area (Å²) in [6.07, 6.45) is 49.8. The fraction of sp³-hybridized carbons (Fsp3) is 0.583. The molecule has 0 saturated carbocycles. The minimum atomic E-state index is -4.67. The summed E-state index contributed by atoms with van der Waals surface area (Å²) in [4.78, 5) is 34.9. The van der Waals surface area contributed by atoms with Crippen LogP contribution in [0.2, 0.25) is 0 Å². The third-order valence-corrected chi connectivity index (χ3v) is 9.46. The Kier molecular flexibility index (Phi) is 39.9. The second-order valence-electron chi connectivity index (χ2n) is 14.2. The predicted octanol–water partition coefficient (Wildman–Crippen LogP) is 10.7. The van der Waals surface area contributed by atoms with Crippen LogP contribution in [0.4, 0.5) is 0 Å². The second kappa shape index (κ2) is 42.3. The van der Waals surface area contributed by atoms with Gasteiger partial charge in [0, 0.05) is 12.8 Å². The van der Waals surface area contributed by atoms with E-state index in [-0.39, 0.29) is 19.4 Å². The summed E-state index contributed by atoms with van der Waals surface area (Å²) < 4.78 is 32.5. The van der Waals surface area contributed by atoms with Crippen molar-refractivity contribution in [2.75, 3.05) is 26.4 Å². The van der Waals surface area contributed by atoms with Crippen LogP contribution in [0.5, 0.6) is 0 Å². The van der Waals surface area contributed by atoms with Crippen LogP contribution in [0.3, 0.4) is 0 Å². The Morgan fingerprint density at radius 1 is 0.583 bits per heavy atom. The van der Waals surface area contributed by atoms with Gasteiger partial charge in [0.25, 0.3) is 0 Å². The van der Waals surface area contributed by atoms with E-state index in [9.17, 15) is 29.3 Å². The highest BCUT2D eigenvalue weighted by Crippen LogP contribution is 2.43. The third-order valence-electron chi connectivity index (χ3n) is 8.51. The van der Waals surface area contributed by atoms with E-state index in [1.54, 1.807) is 6.08 Å². The maximum atomic E-state index is 12.6. The van der Waals surface area contributed by atoms with Gasteiger partial charge in [-0.15, -0.1) is 0 Å². The van der Waals surface area contributed by atoms with Crippen LogP contribution in [0.15, 0.2) is 109 Å². The highest BCUT2D eigenvalue weighted by atomic mass is 31.2. The van der Waals surface area contributed by atoms with Crippen molar-refractivity contribution in [2.45, 2.75) is 154 Å². The molecule has 0 aliphatic carbocycles. The normalized spacial score (nSPS) is 15.4. The lowest BCUT2D eigenvalue weighted by Gasteiger charge is -2.20. The molecule has 0 spiro atoms. The van der Waals surface area contributed by atoms with E-state index < -0.39 is 57.9 Å². The molecule has 0 fully saturated rings. The van der Waals surface area contributed by atoms with Crippen LogP contribution in [0.1, 0.15) is 136 Å². The van der Waals surface area contributed by atoms with E-state index in [4.69, 9.17) is 19.1 Å². The van der Waals surface area contributed by atoms with Gasteiger partial charge in [0.05, 0.1) is 25.9 Å². The van der Waals surface area contributed by atoms with Crippen molar-refractivity contribution in [3.05, 3.63) is 109 Å². The summed E-state index contributed by atoms with van der Waals surface area (Å²) in [5.74, 6) is -1.12. The highest BCUT2D eigenvalue weighted by molar-refractivity contribution is 7.47. The predicted molar refractivity (Wildman–Crippen MR) is 243 cm³/mol. The molecule has 4 atom stereocenters. The molecule has 12 heteroatoms. The number of carbonyl (C=O) groups is 2. The molecule has 0 aliphatic heterocycles. The Balaban J connectivity index is 4.56. The molecule has 0 aromatic heterocycles. The Labute approximate surface area is 361 Å². The minimum absolute atomic E-state index is 0.0262. The number of phosphoric ester groups is 1. The number of unbranched alkanes of at least 4 members (excludes halogenated alkanes) is 7. The SMILES string of the molecule is CC/C=C\CC(O)/C=C/C=C/C/C=C\C/C=C\C/C=C\CCC(=O)O[C@H](COC(=O)CCC/C=C\C/C=C\C/C=C\CCCCCCCC)COP(=O)(O)OC[C@@H](O)CO. The molecule has 0 saturated heterocycles. The lowest BCUT2D eigenvalue weighted by atomic mass is 10.1. The van der Waals surface area contributed by atoms with E-state index in [0.717, 1.165) is 38.5 Å². The topological polar surface area (TPSA) is 169 Å². The van der Waals surface area contributed by atoms with Crippen molar-refractivity contribution in [3.63, 3.8) is 0 Å². The zero-order valence-electron chi connectivity index (χ0n) is 36.5. The fourth-order valence-electron chi connectivity index (χ4n) is 5.12. The van der Waals surface area contributed by atoms with Gasteiger partial charge in [-0.05, 0) is 77.0 Å². The first-order chi connectivity index (χ1) is 29.1. The van der Waals surface area contributed by atoms with Crippen LogP contribution in [0.25, 0.3) is 0 Å². The largest absolute Gasteiger partial charge is 0.472 e. The number of aliphatic hydroxyl groups excluding tert-OH is 3. The summed E-state index contributed by atoms with van der Waals surface area (Å²) >= 11 is 0. The number of hydrogen-bond donors (Lipinski definition) is 4. The molecule has 0 rings (SSSR count). The fourth-order valence-corrected chi connectivity index (χ4v) is 5.91. The van der Waals surface area contributed by atoms with Crippen LogP contribution >= 0.6 is 7.82 Å².